The van der Waals surface area contributed by atoms with Gasteiger partial charge in [-0.2, -0.15) is 0 Å². The molecule has 0 saturated heterocycles. The number of hydrogen-bond donors (Lipinski definition) is 1. The molecule has 0 saturated carbocycles. The summed E-state index contributed by atoms with van der Waals surface area (Å²) in [4.78, 5) is 12.3. The highest BCUT2D eigenvalue weighted by Gasteiger charge is 2.26. The van der Waals surface area contributed by atoms with Crippen molar-refractivity contribution in [3.63, 3.8) is 0 Å². The lowest BCUT2D eigenvalue weighted by atomic mass is 10.0. The van der Waals surface area contributed by atoms with Crippen molar-refractivity contribution in [2.24, 2.45) is 0 Å². The van der Waals surface area contributed by atoms with Crippen molar-refractivity contribution in [1.82, 2.24) is 0 Å². The van der Waals surface area contributed by atoms with Crippen LogP contribution < -0.4 is 10.1 Å². The number of carbonyl (C=O) groups is 1. The van der Waals surface area contributed by atoms with Gasteiger partial charge in [0.15, 0.2) is 0 Å². The molecule has 1 aliphatic rings. The van der Waals surface area contributed by atoms with Crippen LogP contribution in [0.5, 0.6) is 5.75 Å². The maximum absolute atomic E-state index is 12.3. The molecule has 6 heteroatoms. The van der Waals surface area contributed by atoms with E-state index in [0.29, 0.717) is 5.57 Å². The second-order valence-electron chi connectivity index (χ2n) is 4.71. The van der Waals surface area contributed by atoms with Gasteiger partial charge in [0.25, 0.3) is 5.91 Å². The van der Waals surface area contributed by atoms with Crippen molar-refractivity contribution in [3.8, 4) is 5.75 Å². The van der Waals surface area contributed by atoms with E-state index in [-0.39, 0.29) is 5.91 Å². The summed E-state index contributed by atoms with van der Waals surface area (Å²) in [6.07, 6.45) is 1.85. The van der Waals surface area contributed by atoms with E-state index in [4.69, 9.17) is 4.74 Å². The summed E-state index contributed by atoms with van der Waals surface area (Å²) in [7, 11) is 1.62. The van der Waals surface area contributed by atoms with Gasteiger partial charge in [0, 0.05) is 24.6 Å². The lowest BCUT2D eigenvalue weighted by Crippen LogP contribution is -2.03. The summed E-state index contributed by atoms with van der Waals surface area (Å²) in [5.74, 6) is 0.618. The van der Waals surface area contributed by atoms with E-state index in [2.05, 4.69) is 53.1 Å². The number of rotatable bonds is 2. The number of methoxy groups -OCH3 is 1. The van der Waals surface area contributed by atoms with Crippen molar-refractivity contribution in [3.05, 3.63) is 54.9 Å². The molecular weight excluding hydrogens is 478 g/mol. The highest BCUT2D eigenvalue weighted by atomic mass is 79.9. The Kier molecular flexibility index (Phi) is 4.43. The molecule has 0 unspecified atom stereocenters. The Balaban J connectivity index is 2.16. The van der Waals surface area contributed by atoms with Crippen LogP contribution >= 0.6 is 47.8 Å². The van der Waals surface area contributed by atoms with Crippen LogP contribution in [0, 0.1) is 0 Å². The predicted octanol–water partition coefficient (Wildman–Crippen LogP) is 5.48. The second-order valence-corrected chi connectivity index (χ2v) is 7.33. The number of benzene rings is 2. The smallest absolute Gasteiger partial charge is 0.256 e. The fourth-order valence-corrected chi connectivity index (χ4v) is 3.96. The molecule has 1 amide bonds. The molecule has 0 radical (unpaired) electrons. The Morgan fingerprint density at radius 2 is 1.86 bits per heavy atom. The minimum atomic E-state index is -0.122. The fraction of sp³-hybridized carbons (Fsp3) is 0.0625. The quantitative estimate of drug-likeness (QED) is 0.570. The third kappa shape index (κ3) is 2.87. The lowest BCUT2D eigenvalue weighted by molar-refractivity contribution is -0.110. The molecule has 0 aliphatic carbocycles. The highest BCUT2D eigenvalue weighted by Crippen LogP contribution is 2.41. The summed E-state index contributed by atoms with van der Waals surface area (Å²) in [6.45, 7) is 0. The average Bonchev–Trinajstić information content (AvgIpc) is 2.78. The van der Waals surface area contributed by atoms with Crippen LogP contribution in [0.3, 0.4) is 0 Å². The van der Waals surface area contributed by atoms with Crippen molar-refractivity contribution in [1.29, 1.82) is 0 Å². The first-order chi connectivity index (χ1) is 10.5. The van der Waals surface area contributed by atoms with Gasteiger partial charge in [-0.25, -0.2) is 0 Å². The molecule has 112 valence electrons. The number of anilines is 1. The Morgan fingerprint density at radius 3 is 2.59 bits per heavy atom. The molecule has 0 fully saturated rings. The zero-order chi connectivity index (χ0) is 15.9. The van der Waals surface area contributed by atoms with Gasteiger partial charge in [-0.05, 0) is 57.9 Å². The van der Waals surface area contributed by atoms with Crippen LogP contribution in [0.4, 0.5) is 5.69 Å². The number of ether oxygens (including phenoxy) is 1. The molecule has 2 aromatic carbocycles. The number of halogens is 3. The van der Waals surface area contributed by atoms with Gasteiger partial charge in [0.05, 0.1) is 12.8 Å². The first kappa shape index (κ1) is 15.8. The van der Waals surface area contributed by atoms with Gasteiger partial charge in [-0.1, -0.05) is 31.9 Å². The molecule has 0 bridgehead atoms. The van der Waals surface area contributed by atoms with Gasteiger partial charge in [0.2, 0.25) is 0 Å². The van der Waals surface area contributed by atoms with Crippen molar-refractivity contribution >= 4 is 71.0 Å². The summed E-state index contributed by atoms with van der Waals surface area (Å²) in [5, 5.41) is 2.89. The molecule has 1 aliphatic heterocycles. The van der Waals surface area contributed by atoms with Crippen molar-refractivity contribution in [2.75, 3.05) is 12.4 Å². The highest BCUT2D eigenvalue weighted by molar-refractivity contribution is 9.11. The van der Waals surface area contributed by atoms with Crippen molar-refractivity contribution < 1.29 is 9.53 Å². The maximum Gasteiger partial charge on any atom is 0.256 e. The molecule has 2 aromatic rings. The Hall–Kier alpha value is -1.11. The van der Waals surface area contributed by atoms with Gasteiger partial charge >= 0.3 is 0 Å². The lowest BCUT2D eigenvalue weighted by Gasteiger charge is -2.05. The summed E-state index contributed by atoms with van der Waals surface area (Å²) in [5.41, 5.74) is 3.15. The van der Waals surface area contributed by atoms with Gasteiger partial charge in [-0.15, -0.1) is 0 Å². The number of fused-ring (bicyclic) bond motifs is 1. The van der Waals surface area contributed by atoms with Crippen molar-refractivity contribution in [2.45, 2.75) is 0 Å². The maximum atomic E-state index is 12.3. The number of amides is 1. The van der Waals surface area contributed by atoms with Crippen LogP contribution in [-0.2, 0) is 4.79 Å². The minimum Gasteiger partial charge on any atom is -0.497 e. The van der Waals surface area contributed by atoms with Crippen LogP contribution in [0.2, 0.25) is 0 Å². The molecular formula is C16H10Br3NO2. The first-order valence-corrected chi connectivity index (χ1v) is 8.73. The van der Waals surface area contributed by atoms with Crippen LogP contribution in [0.1, 0.15) is 11.1 Å². The van der Waals surface area contributed by atoms with E-state index < -0.39 is 0 Å². The second kappa shape index (κ2) is 6.18. The number of nitrogens with one attached hydrogen (secondary N) is 1. The topological polar surface area (TPSA) is 38.3 Å². The van der Waals surface area contributed by atoms with E-state index >= 15 is 0 Å². The summed E-state index contributed by atoms with van der Waals surface area (Å²) >= 11 is 10.4. The molecule has 0 spiro atoms. The van der Waals surface area contributed by atoms with E-state index in [0.717, 1.165) is 36.0 Å². The van der Waals surface area contributed by atoms with Crippen LogP contribution in [0.25, 0.3) is 11.6 Å². The molecule has 3 rings (SSSR count). The summed E-state index contributed by atoms with van der Waals surface area (Å²) < 4.78 is 7.90. The first-order valence-electron chi connectivity index (χ1n) is 6.35. The molecule has 3 nitrogen and oxygen atoms in total. The van der Waals surface area contributed by atoms with Gasteiger partial charge in [-0.3, -0.25) is 4.79 Å². The molecule has 1 N–H and O–H groups in total. The minimum absolute atomic E-state index is 0.122. The monoisotopic (exact) mass is 485 g/mol. The SMILES string of the molecule is COc1ccc(Br)c(C=C2C(=O)Nc3c(Br)cc(Br)cc32)c1. The van der Waals surface area contributed by atoms with Gasteiger partial charge < -0.3 is 10.1 Å². The van der Waals surface area contributed by atoms with Gasteiger partial charge in [0.1, 0.15) is 5.75 Å². The zero-order valence-corrected chi connectivity index (χ0v) is 16.2. The standard InChI is InChI=1S/C16H10Br3NO2/c1-22-10-2-3-13(18)8(4-10)5-12-11-6-9(17)7-14(19)15(11)20-16(12)21/h2-7H,1H3,(H,20,21). The summed E-state index contributed by atoms with van der Waals surface area (Å²) in [6, 6.07) is 9.48. The van der Waals surface area contributed by atoms with Crippen LogP contribution in [0.15, 0.2) is 43.7 Å². The van der Waals surface area contributed by atoms with E-state index in [1.807, 2.05) is 36.4 Å². The Bertz CT molecular complexity index is 815. The third-order valence-corrected chi connectivity index (χ3v) is 5.14. The Labute approximate surface area is 153 Å². The Morgan fingerprint density at radius 1 is 1.09 bits per heavy atom. The molecule has 22 heavy (non-hydrogen) atoms. The molecule has 0 aromatic heterocycles. The normalized spacial score (nSPS) is 14.9. The number of hydrogen-bond acceptors (Lipinski definition) is 2. The fourth-order valence-electron chi connectivity index (χ4n) is 2.27. The predicted molar refractivity (Wildman–Crippen MR) is 99.0 cm³/mol. The molecule has 1 heterocycles. The average molecular weight is 488 g/mol. The van der Waals surface area contributed by atoms with E-state index in [1.165, 1.54) is 0 Å². The largest absolute Gasteiger partial charge is 0.497 e. The number of carbonyl (C=O) groups excluding carboxylic acids is 1. The third-order valence-electron chi connectivity index (χ3n) is 3.33. The zero-order valence-electron chi connectivity index (χ0n) is 11.4. The van der Waals surface area contributed by atoms with E-state index in [1.54, 1.807) is 7.11 Å². The van der Waals surface area contributed by atoms with Crippen LogP contribution in [-0.4, -0.2) is 13.0 Å². The van der Waals surface area contributed by atoms with E-state index in [9.17, 15) is 4.79 Å². The molecule has 0 atom stereocenters.